The van der Waals surface area contributed by atoms with Gasteiger partial charge in [-0.3, -0.25) is 0 Å². The number of hydrogen-bond acceptors (Lipinski definition) is 4. The van der Waals surface area contributed by atoms with E-state index in [2.05, 4.69) is 32.6 Å². The van der Waals surface area contributed by atoms with E-state index in [1.165, 1.54) is 0 Å². The molecule has 0 aliphatic heterocycles. The molecule has 66 valence electrons. The van der Waals surface area contributed by atoms with Crippen LogP contribution >= 0.6 is 22.6 Å². The highest BCUT2D eigenvalue weighted by Gasteiger charge is 2.02. The Bertz CT molecular complexity index is 212. The first kappa shape index (κ1) is 9.50. The van der Waals surface area contributed by atoms with Gasteiger partial charge < -0.3 is 9.47 Å². The Labute approximate surface area is 84.5 Å². The molecule has 1 heterocycles. The third kappa shape index (κ3) is 2.20. The predicted octanol–water partition coefficient (Wildman–Crippen LogP) is 1.43. The van der Waals surface area contributed by atoms with E-state index in [0.717, 1.165) is 4.43 Å². The fourth-order valence-electron chi connectivity index (χ4n) is 0.718. The van der Waals surface area contributed by atoms with E-state index >= 15 is 0 Å². The first-order chi connectivity index (χ1) is 5.80. The van der Waals surface area contributed by atoms with Gasteiger partial charge in [-0.15, -0.1) is 0 Å². The number of rotatable bonds is 3. The maximum Gasteiger partial charge on any atom is 0.220 e. The van der Waals surface area contributed by atoms with Crippen LogP contribution in [0.1, 0.15) is 5.82 Å². The molecule has 0 aliphatic rings. The minimum Gasteiger partial charge on any atom is -0.481 e. The van der Waals surface area contributed by atoms with Crippen molar-refractivity contribution < 1.29 is 9.47 Å². The highest BCUT2D eigenvalue weighted by Crippen LogP contribution is 2.15. The van der Waals surface area contributed by atoms with Gasteiger partial charge in [0.15, 0.2) is 0 Å². The Morgan fingerprint density at radius 1 is 1.25 bits per heavy atom. The summed E-state index contributed by atoms with van der Waals surface area (Å²) in [7, 11) is 3.14. The summed E-state index contributed by atoms with van der Waals surface area (Å²) in [6, 6.07) is 1.65. The second-order valence-corrected chi connectivity index (χ2v) is 2.77. The lowest BCUT2D eigenvalue weighted by molar-refractivity contribution is 0.369. The van der Waals surface area contributed by atoms with Crippen LogP contribution in [0.5, 0.6) is 11.8 Å². The van der Waals surface area contributed by atoms with E-state index in [4.69, 9.17) is 9.47 Å². The van der Waals surface area contributed by atoms with Crippen LogP contribution in [-0.2, 0) is 4.43 Å². The van der Waals surface area contributed by atoms with Crippen molar-refractivity contribution in [1.82, 2.24) is 9.97 Å². The van der Waals surface area contributed by atoms with Crippen LogP contribution in [0.15, 0.2) is 6.07 Å². The van der Waals surface area contributed by atoms with Gasteiger partial charge in [0.1, 0.15) is 5.82 Å². The van der Waals surface area contributed by atoms with Crippen molar-refractivity contribution in [2.75, 3.05) is 14.2 Å². The molecule has 0 aliphatic carbocycles. The largest absolute Gasteiger partial charge is 0.481 e. The van der Waals surface area contributed by atoms with E-state index in [1.807, 2.05) is 0 Å². The molecule has 0 amide bonds. The second kappa shape index (κ2) is 4.44. The average Bonchev–Trinajstić information content (AvgIpc) is 2.16. The minimum absolute atomic E-state index is 0.536. The molecule has 0 bridgehead atoms. The van der Waals surface area contributed by atoms with E-state index < -0.39 is 0 Å². The Kier molecular flexibility index (Phi) is 3.51. The summed E-state index contributed by atoms with van der Waals surface area (Å²) in [6.07, 6.45) is 0. The highest BCUT2D eigenvalue weighted by atomic mass is 127. The molecule has 1 rings (SSSR count). The molecule has 0 fully saturated rings. The highest BCUT2D eigenvalue weighted by molar-refractivity contribution is 14.1. The quantitative estimate of drug-likeness (QED) is 0.620. The molecule has 0 N–H and O–H groups in total. The van der Waals surface area contributed by atoms with Crippen LogP contribution in [0, 0.1) is 0 Å². The zero-order chi connectivity index (χ0) is 8.97. The van der Waals surface area contributed by atoms with Crippen LogP contribution in [-0.4, -0.2) is 24.2 Å². The topological polar surface area (TPSA) is 44.2 Å². The van der Waals surface area contributed by atoms with Crippen molar-refractivity contribution in [3.8, 4) is 11.8 Å². The van der Waals surface area contributed by atoms with Crippen molar-refractivity contribution in [1.29, 1.82) is 0 Å². The molecule has 0 radical (unpaired) electrons. The predicted molar refractivity (Wildman–Crippen MR) is 52.9 cm³/mol. The first-order valence-corrected chi connectivity index (χ1v) is 4.84. The third-order valence-corrected chi connectivity index (χ3v) is 1.95. The number of alkyl halides is 1. The van der Waals surface area contributed by atoms with E-state index in [-0.39, 0.29) is 0 Å². The van der Waals surface area contributed by atoms with Gasteiger partial charge >= 0.3 is 0 Å². The van der Waals surface area contributed by atoms with Crippen molar-refractivity contribution in [2.24, 2.45) is 0 Å². The van der Waals surface area contributed by atoms with E-state index in [9.17, 15) is 0 Å². The van der Waals surface area contributed by atoms with E-state index in [0.29, 0.717) is 17.6 Å². The van der Waals surface area contributed by atoms with Gasteiger partial charge in [0.25, 0.3) is 0 Å². The Morgan fingerprint density at radius 3 is 2.08 bits per heavy atom. The van der Waals surface area contributed by atoms with Crippen molar-refractivity contribution in [2.45, 2.75) is 4.43 Å². The minimum atomic E-state index is 0.536. The van der Waals surface area contributed by atoms with Gasteiger partial charge in [0.2, 0.25) is 11.8 Å². The molecule has 4 nitrogen and oxygen atoms in total. The fraction of sp³-hybridized carbons (Fsp3) is 0.429. The summed E-state index contributed by atoms with van der Waals surface area (Å²) in [5, 5.41) is 0. The van der Waals surface area contributed by atoms with Gasteiger partial charge in [0.05, 0.1) is 24.7 Å². The smallest absolute Gasteiger partial charge is 0.220 e. The van der Waals surface area contributed by atoms with Crippen molar-refractivity contribution in [3.63, 3.8) is 0 Å². The number of hydrogen-bond donors (Lipinski definition) is 0. The standard InChI is InChI=1S/C7H9IN2O2/c1-11-6-3-7(12-2)10-5(4-8)9-6/h3H,4H2,1-2H3. The summed E-state index contributed by atoms with van der Waals surface area (Å²) >= 11 is 2.18. The van der Waals surface area contributed by atoms with Gasteiger partial charge in [0, 0.05) is 0 Å². The Morgan fingerprint density at radius 2 is 1.75 bits per heavy atom. The average molecular weight is 280 g/mol. The lowest BCUT2D eigenvalue weighted by Gasteiger charge is -2.03. The summed E-state index contributed by atoms with van der Waals surface area (Å²) < 4.78 is 10.7. The molecule has 1 aromatic rings. The van der Waals surface area contributed by atoms with Gasteiger partial charge in [-0.1, -0.05) is 22.6 Å². The zero-order valence-corrected chi connectivity index (χ0v) is 9.03. The second-order valence-electron chi connectivity index (χ2n) is 2.00. The van der Waals surface area contributed by atoms with Gasteiger partial charge in [-0.05, 0) is 0 Å². The number of ether oxygens (including phenoxy) is 2. The maximum atomic E-state index is 4.96. The first-order valence-electron chi connectivity index (χ1n) is 3.32. The van der Waals surface area contributed by atoms with Crippen LogP contribution in [0.3, 0.4) is 0 Å². The van der Waals surface area contributed by atoms with E-state index in [1.54, 1.807) is 20.3 Å². The Hall–Kier alpha value is -0.590. The number of aromatic nitrogens is 2. The normalized spacial score (nSPS) is 9.58. The molecular formula is C7H9IN2O2. The molecule has 0 unspecified atom stereocenters. The fourth-order valence-corrected chi connectivity index (χ4v) is 1.06. The number of halogens is 1. The van der Waals surface area contributed by atoms with Gasteiger partial charge in [-0.25, -0.2) is 0 Å². The summed E-state index contributed by atoms with van der Waals surface area (Å²) in [5.74, 6) is 1.79. The molecule has 0 saturated carbocycles. The van der Waals surface area contributed by atoms with Gasteiger partial charge in [-0.2, -0.15) is 9.97 Å². The lowest BCUT2D eigenvalue weighted by atomic mass is 10.5. The summed E-state index contributed by atoms with van der Waals surface area (Å²) in [6.45, 7) is 0. The van der Waals surface area contributed by atoms with Crippen LogP contribution in [0.25, 0.3) is 0 Å². The lowest BCUT2D eigenvalue weighted by Crippen LogP contribution is -1.98. The maximum absolute atomic E-state index is 4.96. The molecule has 12 heavy (non-hydrogen) atoms. The van der Waals surface area contributed by atoms with Crippen molar-refractivity contribution in [3.05, 3.63) is 11.9 Å². The van der Waals surface area contributed by atoms with Crippen LogP contribution < -0.4 is 9.47 Å². The molecule has 0 atom stereocenters. The van der Waals surface area contributed by atoms with Crippen LogP contribution in [0.4, 0.5) is 0 Å². The SMILES string of the molecule is COc1cc(OC)nc(CI)n1. The number of methoxy groups -OCH3 is 2. The van der Waals surface area contributed by atoms with Crippen LogP contribution in [0.2, 0.25) is 0 Å². The third-order valence-electron chi connectivity index (χ3n) is 1.26. The molecule has 0 aromatic carbocycles. The molecule has 5 heteroatoms. The summed E-state index contributed by atoms with van der Waals surface area (Å²) in [4.78, 5) is 8.20. The monoisotopic (exact) mass is 280 g/mol. The molecule has 0 spiro atoms. The van der Waals surface area contributed by atoms with Crippen molar-refractivity contribution >= 4 is 22.6 Å². The molecule has 1 aromatic heterocycles. The molecular weight excluding hydrogens is 271 g/mol. The molecule has 0 saturated heterocycles. The Balaban J connectivity index is 3.01. The summed E-state index contributed by atoms with van der Waals surface area (Å²) in [5.41, 5.74) is 0. The zero-order valence-electron chi connectivity index (χ0n) is 6.87. The number of nitrogens with zero attached hydrogens (tertiary/aromatic N) is 2.